The van der Waals surface area contributed by atoms with E-state index in [4.69, 9.17) is 0 Å². The van der Waals surface area contributed by atoms with Gasteiger partial charge < -0.3 is 14.7 Å². The third kappa shape index (κ3) is 5.22. The number of rotatable bonds is 5. The monoisotopic (exact) mass is 407 g/mol. The summed E-state index contributed by atoms with van der Waals surface area (Å²) in [7, 11) is 0. The van der Waals surface area contributed by atoms with Crippen LogP contribution in [0.1, 0.15) is 39.9 Å². The molecule has 0 saturated carbocycles. The van der Waals surface area contributed by atoms with E-state index in [-0.39, 0.29) is 5.75 Å². The van der Waals surface area contributed by atoms with E-state index in [0.29, 0.717) is 30.3 Å². The van der Waals surface area contributed by atoms with E-state index in [0.717, 1.165) is 36.0 Å². The number of para-hydroxylation sites is 2. The Kier molecular flexibility index (Phi) is 6.05. The zero-order chi connectivity index (χ0) is 21.2. The second-order valence-corrected chi connectivity index (χ2v) is 7.55. The Hall–Kier alpha value is -2.70. The Morgan fingerprint density at radius 1 is 1.14 bits per heavy atom. The molecular formula is C22H24F3NO3. The molecule has 1 heterocycles. The smallest absolute Gasteiger partial charge is 0.478 e. The number of hydrogen-bond donors (Lipinski definition) is 1. The highest BCUT2D eigenvalue weighted by molar-refractivity contribution is 5.89. The number of alkyl halides is 3. The van der Waals surface area contributed by atoms with Crippen LogP contribution >= 0.6 is 0 Å². The summed E-state index contributed by atoms with van der Waals surface area (Å²) in [5.41, 5.74) is 3.60. The van der Waals surface area contributed by atoms with Crippen molar-refractivity contribution in [3.63, 3.8) is 0 Å². The maximum Gasteiger partial charge on any atom is 0.573 e. The van der Waals surface area contributed by atoms with E-state index >= 15 is 0 Å². The largest absolute Gasteiger partial charge is 0.573 e. The number of carboxylic acid groups (broad SMARTS) is 1. The van der Waals surface area contributed by atoms with Crippen LogP contribution in [0.25, 0.3) is 0 Å². The molecule has 0 atom stereocenters. The van der Waals surface area contributed by atoms with E-state index in [1.807, 2.05) is 17.9 Å². The van der Waals surface area contributed by atoms with Gasteiger partial charge in [0.25, 0.3) is 0 Å². The van der Waals surface area contributed by atoms with Crippen molar-refractivity contribution in [2.45, 2.75) is 39.5 Å². The van der Waals surface area contributed by atoms with Gasteiger partial charge in [0.1, 0.15) is 0 Å². The third-order valence-corrected chi connectivity index (χ3v) is 5.47. The zero-order valence-corrected chi connectivity index (χ0v) is 16.4. The fourth-order valence-electron chi connectivity index (χ4n) is 3.97. The number of halogens is 3. The molecule has 0 bridgehead atoms. The van der Waals surface area contributed by atoms with Crippen molar-refractivity contribution in [2.24, 2.45) is 5.92 Å². The number of nitrogens with zero attached hydrogens (tertiary/aromatic N) is 1. The van der Waals surface area contributed by atoms with Gasteiger partial charge in [0.2, 0.25) is 0 Å². The first-order valence-electron chi connectivity index (χ1n) is 9.57. The van der Waals surface area contributed by atoms with Crippen LogP contribution in [0.15, 0.2) is 36.4 Å². The number of carboxylic acids is 1. The van der Waals surface area contributed by atoms with Crippen molar-refractivity contribution >= 4 is 11.7 Å². The molecule has 3 rings (SSSR count). The summed E-state index contributed by atoms with van der Waals surface area (Å²) in [6, 6.07) is 9.86. The zero-order valence-electron chi connectivity index (χ0n) is 16.4. The third-order valence-electron chi connectivity index (χ3n) is 5.47. The molecule has 0 unspecified atom stereocenters. The van der Waals surface area contributed by atoms with Crippen LogP contribution in [0.4, 0.5) is 18.9 Å². The van der Waals surface area contributed by atoms with Crippen molar-refractivity contribution < 1.29 is 27.8 Å². The fourth-order valence-corrected chi connectivity index (χ4v) is 3.97. The molecule has 156 valence electrons. The second-order valence-electron chi connectivity index (χ2n) is 7.55. The van der Waals surface area contributed by atoms with Crippen LogP contribution in [0, 0.1) is 19.8 Å². The Morgan fingerprint density at radius 2 is 1.79 bits per heavy atom. The van der Waals surface area contributed by atoms with Gasteiger partial charge in [0.05, 0.1) is 11.3 Å². The SMILES string of the molecule is Cc1cc(C)c(C(=O)O)cc1CC1CCN(c2ccccc2OC(F)(F)F)CC1. The van der Waals surface area contributed by atoms with Crippen LogP contribution in [0.2, 0.25) is 0 Å². The summed E-state index contributed by atoms with van der Waals surface area (Å²) in [4.78, 5) is 13.3. The summed E-state index contributed by atoms with van der Waals surface area (Å²) < 4.78 is 42.2. The lowest BCUT2D eigenvalue weighted by atomic mass is 9.87. The average molecular weight is 407 g/mol. The molecule has 1 aliphatic heterocycles. The van der Waals surface area contributed by atoms with Crippen LogP contribution in [0.5, 0.6) is 5.75 Å². The summed E-state index contributed by atoms with van der Waals surface area (Å²) in [5, 5.41) is 9.36. The van der Waals surface area contributed by atoms with Crippen LogP contribution in [-0.4, -0.2) is 30.5 Å². The Balaban J connectivity index is 1.68. The van der Waals surface area contributed by atoms with Gasteiger partial charge in [-0.15, -0.1) is 13.2 Å². The van der Waals surface area contributed by atoms with E-state index in [1.165, 1.54) is 12.1 Å². The minimum atomic E-state index is -4.72. The van der Waals surface area contributed by atoms with Gasteiger partial charge in [0, 0.05) is 13.1 Å². The minimum Gasteiger partial charge on any atom is -0.478 e. The number of hydrogen-bond acceptors (Lipinski definition) is 3. The summed E-state index contributed by atoms with van der Waals surface area (Å²) >= 11 is 0. The van der Waals surface area contributed by atoms with E-state index in [1.54, 1.807) is 25.1 Å². The van der Waals surface area contributed by atoms with Crippen LogP contribution in [-0.2, 0) is 6.42 Å². The van der Waals surface area contributed by atoms with E-state index in [2.05, 4.69) is 4.74 Å². The lowest BCUT2D eigenvalue weighted by molar-refractivity contribution is -0.274. The maximum absolute atomic E-state index is 12.7. The Morgan fingerprint density at radius 3 is 2.41 bits per heavy atom. The maximum atomic E-state index is 12.7. The lowest BCUT2D eigenvalue weighted by Gasteiger charge is -2.34. The van der Waals surface area contributed by atoms with Gasteiger partial charge in [-0.1, -0.05) is 18.2 Å². The van der Waals surface area contributed by atoms with Gasteiger partial charge in [-0.3, -0.25) is 0 Å². The number of anilines is 1. The molecule has 0 spiro atoms. The predicted molar refractivity (Wildman–Crippen MR) is 105 cm³/mol. The average Bonchev–Trinajstić information content (AvgIpc) is 2.63. The van der Waals surface area contributed by atoms with Gasteiger partial charge in [-0.25, -0.2) is 4.79 Å². The molecule has 4 nitrogen and oxygen atoms in total. The van der Waals surface area contributed by atoms with Crippen LogP contribution < -0.4 is 9.64 Å². The molecule has 2 aromatic carbocycles. The molecule has 7 heteroatoms. The molecule has 0 aliphatic carbocycles. The number of aromatic carboxylic acids is 1. The molecule has 1 N–H and O–H groups in total. The quantitative estimate of drug-likeness (QED) is 0.725. The Labute approximate surface area is 167 Å². The van der Waals surface area contributed by atoms with E-state index in [9.17, 15) is 23.1 Å². The summed E-state index contributed by atoms with van der Waals surface area (Å²) in [6.45, 7) is 5.02. The number of aryl methyl sites for hydroxylation is 2. The Bertz CT molecular complexity index is 887. The van der Waals surface area contributed by atoms with E-state index < -0.39 is 12.3 Å². The van der Waals surface area contributed by atoms with Crippen molar-refractivity contribution in [1.82, 2.24) is 0 Å². The number of ether oxygens (including phenoxy) is 1. The molecule has 2 aromatic rings. The molecule has 0 radical (unpaired) electrons. The summed E-state index contributed by atoms with van der Waals surface area (Å²) in [5.74, 6) is -0.760. The second kappa shape index (κ2) is 8.35. The number of carbonyl (C=O) groups is 1. The first-order valence-corrected chi connectivity index (χ1v) is 9.57. The normalized spacial score (nSPS) is 15.4. The predicted octanol–water partition coefficient (Wildman–Crippen LogP) is 5.36. The molecule has 29 heavy (non-hydrogen) atoms. The summed E-state index contributed by atoms with van der Waals surface area (Å²) in [6.07, 6.45) is -2.33. The highest BCUT2D eigenvalue weighted by Gasteiger charge is 2.33. The first-order chi connectivity index (χ1) is 13.6. The van der Waals surface area contributed by atoms with Crippen molar-refractivity contribution in [3.8, 4) is 5.75 Å². The van der Waals surface area contributed by atoms with Gasteiger partial charge in [-0.2, -0.15) is 0 Å². The van der Waals surface area contributed by atoms with Gasteiger partial charge in [0.15, 0.2) is 5.75 Å². The highest BCUT2D eigenvalue weighted by atomic mass is 19.4. The lowest BCUT2D eigenvalue weighted by Crippen LogP contribution is -2.35. The fraction of sp³-hybridized carbons (Fsp3) is 0.409. The minimum absolute atomic E-state index is 0.182. The van der Waals surface area contributed by atoms with Gasteiger partial charge in [-0.05, 0) is 73.9 Å². The molecule has 1 aliphatic rings. The molecular weight excluding hydrogens is 383 g/mol. The van der Waals surface area contributed by atoms with Crippen molar-refractivity contribution in [2.75, 3.05) is 18.0 Å². The molecule has 0 amide bonds. The topological polar surface area (TPSA) is 49.8 Å². The molecule has 1 fully saturated rings. The molecule has 0 aromatic heterocycles. The number of piperidine rings is 1. The van der Waals surface area contributed by atoms with Crippen molar-refractivity contribution in [1.29, 1.82) is 0 Å². The number of benzene rings is 2. The highest BCUT2D eigenvalue weighted by Crippen LogP contribution is 2.35. The first kappa shape index (κ1) is 21.0. The van der Waals surface area contributed by atoms with Gasteiger partial charge >= 0.3 is 12.3 Å². The van der Waals surface area contributed by atoms with Crippen molar-refractivity contribution in [3.05, 3.63) is 58.7 Å². The standard InChI is InChI=1S/C22H24F3NO3/c1-14-11-15(2)18(21(27)28)13-17(14)12-16-7-9-26(10-8-16)19-5-3-4-6-20(19)29-22(23,24)25/h3-6,11,13,16H,7-10,12H2,1-2H3,(H,27,28). The molecule has 1 saturated heterocycles. The van der Waals surface area contributed by atoms with Crippen LogP contribution in [0.3, 0.4) is 0 Å².